The number of hydrogen-bond acceptors (Lipinski definition) is 4. The van der Waals surface area contributed by atoms with Gasteiger partial charge in [0.05, 0.1) is 11.9 Å². The Bertz CT molecular complexity index is 1080. The van der Waals surface area contributed by atoms with Crippen LogP contribution < -0.4 is 9.62 Å². The van der Waals surface area contributed by atoms with E-state index in [0.29, 0.717) is 18.7 Å². The number of carbonyl (C=O) groups excluding carboxylic acids is 2. The molecule has 186 valence electrons. The summed E-state index contributed by atoms with van der Waals surface area (Å²) in [5.41, 5.74) is 3.25. The van der Waals surface area contributed by atoms with Crippen LogP contribution in [0.5, 0.6) is 0 Å². The van der Waals surface area contributed by atoms with Crippen LogP contribution in [-0.2, 0) is 26.2 Å². The fourth-order valence-electron chi connectivity index (χ4n) is 3.62. The fourth-order valence-corrected chi connectivity index (χ4v) is 4.46. The van der Waals surface area contributed by atoms with Crippen molar-refractivity contribution in [3.63, 3.8) is 0 Å². The van der Waals surface area contributed by atoms with Gasteiger partial charge >= 0.3 is 0 Å². The number of aryl methyl sites for hydroxylation is 2. The quantitative estimate of drug-likeness (QED) is 0.524. The fraction of sp³-hybridized carbons (Fsp3) is 0.462. The van der Waals surface area contributed by atoms with Gasteiger partial charge in [-0.25, -0.2) is 8.42 Å². The van der Waals surface area contributed by atoms with Gasteiger partial charge in [0.2, 0.25) is 21.8 Å². The normalized spacial score (nSPS) is 12.3. The lowest BCUT2D eigenvalue weighted by molar-refractivity contribution is -0.140. The second-order valence-electron chi connectivity index (χ2n) is 9.11. The molecule has 0 aliphatic carbocycles. The summed E-state index contributed by atoms with van der Waals surface area (Å²) in [7, 11) is -3.74. The monoisotopic (exact) mass is 487 g/mol. The average molecular weight is 488 g/mol. The van der Waals surface area contributed by atoms with Gasteiger partial charge in [-0.3, -0.25) is 13.9 Å². The maximum Gasteiger partial charge on any atom is 0.244 e. The molecule has 2 amide bonds. The zero-order valence-corrected chi connectivity index (χ0v) is 21.9. The maximum atomic E-state index is 13.6. The first-order valence-electron chi connectivity index (χ1n) is 11.6. The van der Waals surface area contributed by atoms with Crippen molar-refractivity contribution in [3.05, 3.63) is 65.2 Å². The van der Waals surface area contributed by atoms with Gasteiger partial charge in [-0.1, -0.05) is 57.2 Å². The molecule has 2 aromatic carbocycles. The highest BCUT2D eigenvalue weighted by atomic mass is 32.2. The van der Waals surface area contributed by atoms with Crippen LogP contribution in [0, 0.1) is 19.8 Å². The molecule has 0 fully saturated rings. The Kier molecular flexibility index (Phi) is 9.67. The molecule has 2 rings (SSSR count). The number of hydrogen-bond donors (Lipinski definition) is 1. The van der Waals surface area contributed by atoms with Crippen molar-refractivity contribution >= 4 is 27.5 Å². The number of nitrogens with zero attached hydrogens (tertiary/aromatic N) is 2. The number of carbonyl (C=O) groups is 2. The highest BCUT2D eigenvalue weighted by molar-refractivity contribution is 7.92. The molecule has 0 unspecified atom stereocenters. The summed E-state index contributed by atoms with van der Waals surface area (Å²) >= 11 is 0. The molecule has 7 nitrogen and oxygen atoms in total. The average Bonchev–Trinajstić information content (AvgIpc) is 2.77. The van der Waals surface area contributed by atoms with Gasteiger partial charge in [-0.2, -0.15) is 0 Å². The van der Waals surface area contributed by atoms with Crippen molar-refractivity contribution in [1.29, 1.82) is 0 Å². The van der Waals surface area contributed by atoms with Crippen LogP contribution in [0.4, 0.5) is 5.69 Å². The predicted octanol–water partition coefficient (Wildman–Crippen LogP) is 3.65. The minimum absolute atomic E-state index is 0.206. The molecule has 0 bridgehead atoms. The highest BCUT2D eigenvalue weighted by Gasteiger charge is 2.31. The minimum Gasteiger partial charge on any atom is -0.354 e. The molecule has 1 atom stereocenters. The van der Waals surface area contributed by atoms with E-state index in [1.807, 2.05) is 71.0 Å². The van der Waals surface area contributed by atoms with E-state index < -0.39 is 22.0 Å². The van der Waals surface area contributed by atoms with Crippen molar-refractivity contribution < 1.29 is 18.0 Å². The van der Waals surface area contributed by atoms with Crippen molar-refractivity contribution in [2.24, 2.45) is 5.92 Å². The number of sulfonamides is 1. The third-order valence-electron chi connectivity index (χ3n) is 5.72. The second kappa shape index (κ2) is 12.0. The van der Waals surface area contributed by atoms with Crippen LogP contribution in [0.3, 0.4) is 0 Å². The molecule has 2 aromatic rings. The molecule has 0 radical (unpaired) electrons. The Morgan fingerprint density at radius 3 is 2.18 bits per heavy atom. The van der Waals surface area contributed by atoms with E-state index in [0.717, 1.165) is 27.3 Å². The van der Waals surface area contributed by atoms with Crippen molar-refractivity contribution in [2.45, 2.75) is 53.6 Å². The molecular weight excluding hydrogens is 450 g/mol. The van der Waals surface area contributed by atoms with Crippen LogP contribution in [0.15, 0.2) is 48.5 Å². The van der Waals surface area contributed by atoms with Crippen molar-refractivity contribution in [1.82, 2.24) is 10.2 Å². The van der Waals surface area contributed by atoms with E-state index in [9.17, 15) is 18.0 Å². The summed E-state index contributed by atoms with van der Waals surface area (Å²) in [5, 5.41) is 2.92. The Balaban J connectivity index is 2.41. The lowest BCUT2D eigenvalue weighted by atomic mass is 10.1. The molecule has 0 saturated carbocycles. The van der Waals surface area contributed by atoms with Crippen LogP contribution in [0.1, 0.15) is 43.9 Å². The smallest absolute Gasteiger partial charge is 0.244 e. The summed E-state index contributed by atoms with van der Waals surface area (Å²) in [4.78, 5) is 28.1. The molecule has 0 aliphatic heterocycles. The SMILES string of the molecule is CC[C@H](C(=O)NCC(C)C)N(Cc1ccccc1)C(=O)CN(c1ccc(C)c(C)c1)S(C)(=O)=O. The molecule has 0 aliphatic rings. The predicted molar refractivity (Wildman–Crippen MR) is 137 cm³/mol. The van der Waals surface area contributed by atoms with E-state index in [-0.39, 0.29) is 24.9 Å². The van der Waals surface area contributed by atoms with Gasteiger partial charge < -0.3 is 10.2 Å². The molecule has 8 heteroatoms. The summed E-state index contributed by atoms with van der Waals surface area (Å²) in [6.45, 7) is 10.0. The molecule has 0 saturated heterocycles. The van der Waals surface area contributed by atoms with E-state index in [1.54, 1.807) is 12.1 Å². The summed E-state index contributed by atoms with van der Waals surface area (Å²) in [6, 6.07) is 14.0. The largest absolute Gasteiger partial charge is 0.354 e. The third-order valence-corrected chi connectivity index (χ3v) is 6.86. The number of rotatable bonds is 11. The Labute approximate surface area is 204 Å². The first-order valence-corrected chi connectivity index (χ1v) is 13.4. The zero-order valence-electron chi connectivity index (χ0n) is 21.0. The van der Waals surface area contributed by atoms with Gasteiger partial charge in [0.1, 0.15) is 12.6 Å². The third kappa shape index (κ3) is 7.58. The molecular formula is C26H37N3O4S. The van der Waals surface area contributed by atoms with Gasteiger partial charge in [-0.15, -0.1) is 0 Å². The van der Waals surface area contributed by atoms with Gasteiger partial charge in [0.15, 0.2) is 0 Å². The first kappa shape index (κ1) is 27.4. The Morgan fingerprint density at radius 2 is 1.65 bits per heavy atom. The summed E-state index contributed by atoms with van der Waals surface area (Å²) in [6.07, 6.45) is 1.49. The summed E-state index contributed by atoms with van der Waals surface area (Å²) in [5.74, 6) is -0.401. The van der Waals surface area contributed by atoms with E-state index in [1.165, 1.54) is 4.90 Å². The van der Waals surface area contributed by atoms with Crippen molar-refractivity contribution in [3.8, 4) is 0 Å². The van der Waals surface area contributed by atoms with Crippen LogP contribution in [0.25, 0.3) is 0 Å². The van der Waals surface area contributed by atoms with Gasteiger partial charge in [0, 0.05) is 13.1 Å². The first-order chi connectivity index (χ1) is 15.9. The number of anilines is 1. The second-order valence-corrected chi connectivity index (χ2v) is 11.0. The molecule has 0 aromatic heterocycles. The Hall–Kier alpha value is -2.87. The lowest BCUT2D eigenvalue weighted by Crippen LogP contribution is -2.52. The topological polar surface area (TPSA) is 86.8 Å². The van der Waals surface area contributed by atoms with Gasteiger partial charge in [0.25, 0.3) is 0 Å². The highest BCUT2D eigenvalue weighted by Crippen LogP contribution is 2.22. The van der Waals surface area contributed by atoms with Crippen LogP contribution in [0.2, 0.25) is 0 Å². The van der Waals surface area contributed by atoms with Gasteiger partial charge in [-0.05, 0) is 55.0 Å². The number of benzene rings is 2. The van der Waals surface area contributed by atoms with E-state index in [2.05, 4.69) is 5.32 Å². The standard InChI is InChI=1S/C26H37N3O4S/c1-7-24(26(31)27-16-19(2)3)28(17-22-11-9-8-10-12-22)25(30)18-29(34(6,32)33)23-14-13-20(4)21(5)15-23/h8-15,19,24H,7,16-18H2,1-6H3,(H,27,31)/t24-/m1/s1. The van der Waals surface area contributed by atoms with Crippen molar-refractivity contribution in [2.75, 3.05) is 23.7 Å². The molecule has 0 heterocycles. The molecule has 0 spiro atoms. The van der Waals surface area contributed by atoms with Crippen LogP contribution in [-0.4, -0.2) is 50.5 Å². The lowest BCUT2D eigenvalue weighted by Gasteiger charge is -2.33. The Morgan fingerprint density at radius 1 is 1.00 bits per heavy atom. The van der Waals surface area contributed by atoms with E-state index in [4.69, 9.17) is 0 Å². The van der Waals surface area contributed by atoms with Crippen LogP contribution >= 0.6 is 0 Å². The minimum atomic E-state index is -3.74. The molecule has 34 heavy (non-hydrogen) atoms. The van der Waals surface area contributed by atoms with E-state index >= 15 is 0 Å². The molecule has 1 N–H and O–H groups in total. The summed E-state index contributed by atoms with van der Waals surface area (Å²) < 4.78 is 26.5. The zero-order chi connectivity index (χ0) is 25.5. The number of nitrogens with one attached hydrogen (secondary N) is 1. The maximum absolute atomic E-state index is 13.6. The number of amides is 2.